The first kappa shape index (κ1) is 18.3. The van der Waals surface area contributed by atoms with Crippen LogP contribution >= 0.6 is 15.9 Å². The highest BCUT2D eigenvalue weighted by atomic mass is 79.9. The quantitative estimate of drug-likeness (QED) is 0.671. The summed E-state index contributed by atoms with van der Waals surface area (Å²) in [6, 6.07) is 4.43. The fourth-order valence-electron chi connectivity index (χ4n) is 2.01. The van der Waals surface area contributed by atoms with Gasteiger partial charge in [-0.15, -0.1) is 0 Å². The maximum atomic E-state index is 8.84. The van der Waals surface area contributed by atoms with Crippen LogP contribution in [0.15, 0.2) is 16.6 Å². The number of halogens is 1. The van der Waals surface area contributed by atoms with Gasteiger partial charge in [0.1, 0.15) is 0 Å². The molecule has 120 valence electrons. The lowest BCUT2D eigenvalue weighted by Crippen LogP contribution is -2.25. The van der Waals surface area contributed by atoms with Crippen LogP contribution in [0.4, 0.5) is 0 Å². The zero-order valence-electron chi connectivity index (χ0n) is 13.1. The van der Waals surface area contributed by atoms with Gasteiger partial charge in [-0.25, -0.2) is 0 Å². The van der Waals surface area contributed by atoms with Crippen molar-refractivity contribution in [3.63, 3.8) is 0 Å². The molecule has 1 aromatic carbocycles. The summed E-state index contributed by atoms with van der Waals surface area (Å²) >= 11 is 3.55. The molecule has 5 heteroatoms. The number of methoxy groups -OCH3 is 1. The first-order valence-corrected chi connectivity index (χ1v) is 8.25. The standard InChI is InChI=1S/C16H26BrNO3/c1-4-8-21-16-14(17)9-13(10-15(16)20-3)11-18-12(2)6-5-7-19/h9-10,12,18-19H,4-8,11H2,1-3H3. The molecule has 0 aliphatic heterocycles. The largest absolute Gasteiger partial charge is 0.493 e. The molecular formula is C16H26BrNO3. The fourth-order valence-corrected chi connectivity index (χ4v) is 2.62. The van der Waals surface area contributed by atoms with Crippen molar-refractivity contribution in [2.45, 2.75) is 45.7 Å². The van der Waals surface area contributed by atoms with Crippen molar-refractivity contribution in [3.8, 4) is 11.5 Å². The summed E-state index contributed by atoms with van der Waals surface area (Å²) in [7, 11) is 1.65. The number of ether oxygens (including phenoxy) is 2. The highest BCUT2D eigenvalue weighted by molar-refractivity contribution is 9.10. The van der Waals surface area contributed by atoms with Crippen molar-refractivity contribution in [3.05, 3.63) is 22.2 Å². The lowest BCUT2D eigenvalue weighted by molar-refractivity contribution is 0.276. The average molecular weight is 360 g/mol. The van der Waals surface area contributed by atoms with Crippen LogP contribution in [0.3, 0.4) is 0 Å². The van der Waals surface area contributed by atoms with Crippen LogP contribution in [0.25, 0.3) is 0 Å². The second-order valence-corrected chi connectivity index (χ2v) is 5.96. The Bertz CT molecular complexity index is 426. The van der Waals surface area contributed by atoms with Gasteiger partial charge < -0.3 is 19.9 Å². The smallest absolute Gasteiger partial charge is 0.175 e. The normalized spacial score (nSPS) is 12.2. The summed E-state index contributed by atoms with van der Waals surface area (Å²) in [4.78, 5) is 0. The molecule has 0 bridgehead atoms. The molecule has 0 radical (unpaired) electrons. The van der Waals surface area contributed by atoms with Crippen molar-refractivity contribution >= 4 is 15.9 Å². The van der Waals surface area contributed by atoms with Gasteiger partial charge in [-0.1, -0.05) is 6.92 Å². The zero-order valence-corrected chi connectivity index (χ0v) is 14.7. The van der Waals surface area contributed by atoms with Crippen molar-refractivity contribution in [1.29, 1.82) is 0 Å². The van der Waals surface area contributed by atoms with Crippen molar-refractivity contribution in [2.24, 2.45) is 0 Å². The second-order valence-electron chi connectivity index (χ2n) is 5.11. The van der Waals surface area contributed by atoms with Gasteiger partial charge in [0.05, 0.1) is 18.2 Å². The molecule has 0 saturated heterocycles. The van der Waals surface area contributed by atoms with E-state index in [-0.39, 0.29) is 6.61 Å². The Kier molecular flexibility index (Phi) is 8.73. The Hall–Kier alpha value is -0.780. The van der Waals surface area contributed by atoms with E-state index in [1.54, 1.807) is 7.11 Å². The monoisotopic (exact) mass is 359 g/mol. The molecule has 1 rings (SSSR count). The lowest BCUT2D eigenvalue weighted by Gasteiger charge is -2.16. The lowest BCUT2D eigenvalue weighted by atomic mass is 10.1. The van der Waals surface area contributed by atoms with Crippen molar-refractivity contribution in [1.82, 2.24) is 5.32 Å². The maximum absolute atomic E-state index is 8.84. The van der Waals surface area contributed by atoms with Gasteiger partial charge in [0.2, 0.25) is 0 Å². The number of nitrogens with one attached hydrogen (secondary N) is 1. The summed E-state index contributed by atoms with van der Waals surface area (Å²) in [6.07, 6.45) is 2.75. The van der Waals surface area contributed by atoms with E-state index in [9.17, 15) is 0 Å². The van der Waals surface area contributed by atoms with E-state index in [2.05, 4.69) is 41.2 Å². The van der Waals surface area contributed by atoms with Crippen molar-refractivity contribution in [2.75, 3.05) is 20.3 Å². The molecule has 0 aliphatic carbocycles. The minimum atomic E-state index is 0.245. The maximum Gasteiger partial charge on any atom is 0.175 e. The molecule has 1 aromatic rings. The second kappa shape index (κ2) is 10.0. The van der Waals surface area contributed by atoms with Gasteiger partial charge in [-0.05, 0) is 59.8 Å². The number of aliphatic hydroxyl groups excluding tert-OH is 1. The van der Waals surface area contributed by atoms with Gasteiger partial charge in [0.15, 0.2) is 11.5 Å². The Labute approximate surface area is 136 Å². The number of rotatable bonds is 10. The SMILES string of the molecule is CCCOc1c(Br)cc(CNC(C)CCCO)cc1OC. The predicted octanol–water partition coefficient (Wildman–Crippen LogP) is 3.50. The van der Waals surface area contributed by atoms with E-state index >= 15 is 0 Å². The first-order valence-electron chi connectivity index (χ1n) is 7.45. The molecule has 0 aliphatic rings. The van der Waals surface area contributed by atoms with Crippen LogP contribution in [-0.4, -0.2) is 31.5 Å². The number of hydrogen-bond acceptors (Lipinski definition) is 4. The van der Waals surface area contributed by atoms with Crippen LogP contribution in [0.5, 0.6) is 11.5 Å². The van der Waals surface area contributed by atoms with Crippen LogP contribution < -0.4 is 14.8 Å². The van der Waals surface area contributed by atoms with E-state index in [0.717, 1.165) is 47.3 Å². The Morgan fingerprint density at radius 1 is 1.38 bits per heavy atom. The van der Waals surface area contributed by atoms with Gasteiger partial charge in [0.25, 0.3) is 0 Å². The minimum Gasteiger partial charge on any atom is -0.493 e. The number of aliphatic hydroxyl groups is 1. The Morgan fingerprint density at radius 2 is 2.14 bits per heavy atom. The molecule has 0 spiro atoms. The van der Waals surface area contributed by atoms with Crippen LogP contribution in [-0.2, 0) is 6.54 Å². The van der Waals surface area contributed by atoms with Gasteiger partial charge in [-0.2, -0.15) is 0 Å². The Morgan fingerprint density at radius 3 is 2.76 bits per heavy atom. The first-order chi connectivity index (χ1) is 10.1. The fraction of sp³-hybridized carbons (Fsp3) is 0.625. The van der Waals surface area contributed by atoms with E-state index in [1.165, 1.54) is 0 Å². The molecular weight excluding hydrogens is 334 g/mol. The molecule has 0 saturated carbocycles. The molecule has 0 aromatic heterocycles. The molecule has 0 amide bonds. The van der Waals surface area contributed by atoms with E-state index in [0.29, 0.717) is 12.6 Å². The molecule has 1 unspecified atom stereocenters. The summed E-state index contributed by atoms with van der Waals surface area (Å²) in [5.41, 5.74) is 1.14. The predicted molar refractivity (Wildman–Crippen MR) is 89.1 cm³/mol. The van der Waals surface area contributed by atoms with E-state index in [4.69, 9.17) is 14.6 Å². The van der Waals surface area contributed by atoms with E-state index < -0.39 is 0 Å². The van der Waals surface area contributed by atoms with Crippen LogP contribution in [0.1, 0.15) is 38.7 Å². The number of benzene rings is 1. The molecule has 0 fully saturated rings. The topological polar surface area (TPSA) is 50.7 Å². The minimum absolute atomic E-state index is 0.245. The summed E-state index contributed by atoms with van der Waals surface area (Å²) < 4.78 is 12.1. The average Bonchev–Trinajstić information content (AvgIpc) is 2.49. The van der Waals surface area contributed by atoms with Crippen molar-refractivity contribution < 1.29 is 14.6 Å². The summed E-state index contributed by atoms with van der Waals surface area (Å²) in [6.45, 7) is 5.88. The molecule has 21 heavy (non-hydrogen) atoms. The highest BCUT2D eigenvalue weighted by Gasteiger charge is 2.12. The Balaban J connectivity index is 2.69. The highest BCUT2D eigenvalue weighted by Crippen LogP contribution is 2.36. The van der Waals surface area contributed by atoms with Crippen LogP contribution in [0, 0.1) is 0 Å². The van der Waals surface area contributed by atoms with Crippen LogP contribution in [0.2, 0.25) is 0 Å². The molecule has 4 nitrogen and oxygen atoms in total. The summed E-state index contributed by atoms with van der Waals surface area (Å²) in [5, 5.41) is 12.3. The third kappa shape index (κ3) is 6.24. The van der Waals surface area contributed by atoms with Gasteiger partial charge in [0, 0.05) is 19.2 Å². The zero-order chi connectivity index (χ0) is 15.7. The third-order valence-corrected chi connectivity index (χ3v) is 3.78. The molecule has 2 N–H and O–H groups in total. The van der Waals surface area contributed by atoms with Gasteiger partial charge in [-0.3, -0.25) is 0 Å². The van der Waals surface area contributed by atoms with E-state index in [1.807, 2.05) is 6.07 Å². The van der Waals surface area contributed by atoms with Gasteiger partial charge >= 0.3 is 0 Å². The summed E-state index contributed by atoms with van der Waals surface area (Å²) in [5.74, 6) is 1.51. The number of hydrogen-bond donors (Lipinski definition) is 2. The molecule has 1 atom stereocenters. The molecule has 0 heterocycles. The third-order valence-electron chi connectivity index (χ3n) is 3.19.